The van der Waals surface area contributed by atoms with Crippen molar-refractivity contribution in [1.82, 2.24) is 0 Å². The second-order valence-corrected chi connectivity index (χ2v) is 5.29. The van der Waals surface area contributed by atoms with Gasteiger partial charge in [0, 0.05) is 0 Å². The predicted octanol–water partition coefficient (Wildman–Crippen LogP) is 2.70. The van der Waals surface area contributed by atoms with Gasteiger partial charge in [0.2, 0.25) is 5.75 Å². The molecule has 132 valence electrons. The number of carbonyl (C=O) groups is 2. The minimum Gasteiger partial charge on any atom is -0.493 e. The zero-order valence-electron chi connectivity index (χ0n) is 14.7. The van der Waals surface area contributed by atoms with Gasteiger partial charge < -0.3 is 19.0 Å². The van der Waals surface area contributed by atoms with Crippen LogP contribution in [0.5, 0.6) is 17.2 Å². The van der Waals surface area contributed by atoms with Crippen LogP contribution >= 0.6 is 0 Å². The van der Waals surface area contributed by atoms with Gasteiger partial charge in [-0.1, -0.05) is 5.16 Å². The largest absolute Gasteiger partial charge is 0.493 e. The number of ether oxygens (including phenoxy) is 3. The van der Waals surface area contributed by atoms with Crippen LogP contribution in [0, 0.1) is 0 Å². The lowest BCUT2D eigenvalue weighted by atomic mass is 9.99. The molecule has 0 aliphatic heterocycles. The number of oxime groups is 1. The molecule has 0 unspecified atom stereocenters. The lowest BCUT2D eigenvalue weighted by molar-refractivity contribution is -0.111. The highest BCUT2D eigenvalue weighted by atomic mass is 16.7. The van der Waals surface area contributed by atoms with Crippen molar-refractivity contribution in [2.45, 2.75) is 13.8 Å². The number of carbonyl (C=O) groups excluding carboxylic acids is 2. The summed E-state index contributed by atoms with van der Waals surface area (Å²) in [5, 5.41) is 3.84. The van der Waals surface area contributed by atoms with Crippen LogP contribution in [-0.4, -0.2) is 38.8 Å². The Kier molecular flexibility index (Phi) is 5.59. The van der Waals surface area contributed by atoms with Crippen molar-refractivity contribution in [3.8, 4) is 17.2 Å². The maximum absolute atomic E-state index is 12.3. The fraction of sp³-hybridized carbons (Fsp3) is 0.278. The molecule has 7 nitrogen and oxygen atoms in total. The quantitative estimate of drug-likeness (QED) is 0.463. The number of rotatable bonds is 5. The summed E-state index contributed by atoms with van der Waals surface area (Å²) in [6.07, 6.45) is 3.02. The monoisotopic (exact) mass is 345 g/mol. The molecule has 0 aromatic heterocycles. The molecule has 2 rings (SSSR count). The van der Waals surface area contributed by atoms with E-state index in [4.69, 9.17) is 19.0 Å². The number of benzene rings is 1. The lowest BCUT2D eigenvalue weighted by Crippen LogP contribution is -2.12. The summed E-state index contributed by atoms with van der Waals surface area (Å²) in [7, 11) is 4.37. The average molecular weight is 345 g/mol. The standard InChI is InChI=1S/C18H19NO6/c1-10-7-14(20)11(2)6-13(10)19-25-18(21)12-8-15(22-3)17(24-5)16(9-12)23-4/h6-9H,1-5H3/b19-13-. The Balaban J connectivity index is 2.29. The zero-order chi connectivity index (χ0) is 18.6. The van der Waals surface area contributed by atoms with E-state index in [-0.39, 0.29) is 11.3 Å². The number of ketones is 1. The van der Waals surface area contributed by atoms with Crippen molar-refractivity contribution in [1.29, 1.82) is 0 Å². The highest BCUT2D eigenvalue weighted by molar-refractivity contribution is 6.21. The molecular weight excluding hydrogens is 326 g/mol. The summed E-state index contributed by atoms with van der Waals surface area (Å²) >= 11 is 0. The first kappa shape index (κ1) is 18.3. The third kappa shape index (κ3) is 3.88. The zero-order valence-corrected chi connectivity index (χ0v) is 14.7. The Morgan fingerprint density at radius 2 is 1.52 bits per heavy atom. The molecule has 0 atom stereocenters. The number of nitrogens with zero attached hydrogens (tertiary/aromatic N) is 1. The Labute approximate surface area is 145 Å². The van der Waals surface area contributed by atoms with E-state index in [1.165, 1.54) is 39.5 Å². The lowest BCUT2D eigenvalue weighted by Gasteiger charge is -2.13. The Bertz CT molecular complexity index is 779. The Morgan fingerprint density at radius 1 is 0.920 bits per heavy atom. The Hall–Kier alpha value is -3.09. The number of hydrogen-bond donors (Lipinski definition) is 0. The van der Waals surface area contributed by atoms with Crippen LogP contribution in [0.4, 0.5) is 0 Å². The molecule has 1 aromatic carbocycles. The summed E-state index contributed by atoms with van der Waals surface area (Å²) < 4.78 is 15.6. The number of hydrogen-bond acceptors (Lipinski definition) is 7. The van der Waals surface area contributed by atoms with Crippen LogP contribution in [0.25, 0.3) is 0 Å². The molecule has 0 heterocycles. The topological polar surface area (TPSA) is 83.4 Å². The van der Waals surface area contributed by atoms with Gasteiger partial charge in [0.25, 0.3) is 0 Å². The van der Waals surface area contributed by atoms with E-state index >= 15 is 0 Å². The summed E-state index contributed by atoms with van der Waals surface area (Å²) in [6.45, 7) is 3.38. The molecule has 25 heavy (non-hydrogen) atoms. The van der Waals surface area contributed by atoms with E-state index < -0.39 is 5.97 Å². The van der Waals surface area contributed by atoms with Crippen LogP contribution in [0.3, 0.4) is 0 Å². The van der Waals surface area contributed by atoms with E-state index in [9.17, 15) is 9.59 Å². The molecule has 0 fully saturated rings. The van der Waals surface area contributed by atoms with Crippen LogP contribution in [0.2, 0.25) is 0 Å². The maximum Gasteiger partial charge on any atom is 0.366 e. The molecular formula is C18H19NO6. The van der Waals surface area contributed by atoms with Gasteiger partial charge >= 0.3 is 5.97 Å². The van der Waals surface area contributed by atoms with Gasteiger partial charge in [0.1, 0.15) is 5.71 Å². The molecule has 1 aliphatic rings. The molecule has 0 amide bonds. The van der Waals surface area contributed by atoms with E-state index in [0.29, 0.717) is 34.1 Å². The molecule has 0 saturated carbocycles. The van der Waals surface area contributed by atoms with Crippen LogP contribution in [-0.2, 0) is 9.63 Å². The average Bonchev–Trinajstić information content (AvgIpc) is 2.61. The molecule has 1 aliphatic carbocycles. The third-order valence-electron chi connectivity index (χ3n) is 3.62. The predicted molar refractivity (Wildman–Crippen MR) is 91.5 cm³/mol. The third-order valence-corrected chi connectivity index (χ3v) is 3.62. The molecule has 0 N–H and O–H groups in total. The number of allylic oxidation sites excluding steroid dienone is 4. The van der Waals surface area contributed by atoms with E-state index in [1.807, 2.05) is 0 Å². The van der Waals surface area contributed by atoms with E-state index in [1.54, 1.807) is 19.9 Å². The smallest absolute Gasteiger partial charge is 0.366 e. The highest BCUT2D eigenvalue weighted by Gasteiger charge is 2.19. The molecule has 1 aromatic rings. The summed E-state index contributed by atoms with van der Waals surface area (Å²) in [5.74, 6) is 0.249. The van der Waals surface area contributed by atoms with Crippen molar-refractivity contribution in [2.24, 2.45) is 5.16 Å². The van der Waals surface area contributed by atoms with Crippen molar-refractivity contribution in [3.63, 3.8) is 0 Å². The maximum atomic E-state index is 12.3. The van der Waals surface area contributed by atoms with Gasteiger partial charge in [-0.2, -0.15) is 0 Å². The molecule has 0 radical (unpaired) electrons. The first-order chi connectivity index (χ1) is 11.9. The van der Waals surface area contributed by atoms with Gasteiger partial charge in [-0.05, 0) is 49.3 Å². The first-order valence-corrected chi connectivity index (χ1v) is 7.42. The minimum atomic E-state index is -0.692. The van der Waals surface area contributed by atoms with Crippen molar-refractivity contribution in [3.05, 3.63) is 41.0 Å². The normalized spacial score (nSPS) is 15.4. The molecule has 0 saturated heterocycles. The minimum absolute atomic E-state index is 0.0904. The van der Waals surface area contributed by atoms with Gasteiger partial charge in [-0.3, -0.25) is 4.79 Å². The fourth-order valence-corrected chi connectivity index (χ4v) is 2.22. The van der Waals surface area contributed by atoms with Crippen LogP contribution < -0.4 is 14.2 Å². The Morgan fingerprint density at radius 3 is 2.04 bits per heavy atom. The summed E-state index contributed by atoms with van der Waals surface area (Å²) in [5.41, 5.74) is 1.74. The van der Waals surface area contributed by atoms with Crippen molar-refractivity contribution in [2.75, 3.05) is 21.3 Å². The summed E-state index contributed by atoms with van der Waals surface area (Å²) in [6, 6.07) is 2.94. The SMILES string of the molecule is COc1cc(C(=O)O/N=C2/C=C(C)C(=O)C=C2C)cc(OC)c1OC. The molecule has 0 bridgehead atoms. The van der Waals surface area contributed by atoms with E-state index in [2.05, 4.69) is 5.16 Å². The highest BCUT2D eigenvalue weighted by Crippen LogP contribution is 2.38. The van der Waals surface area contributed by atoms with Gasteiger partial charge in [0.05, 0.1) is 26.9 Å². The number of methoxy groups -OCH3 is 3. The summed E-state index contributed by atoms with van der Waals surface area (Å²) in [4.78, 5) is 28.8. The van der Waals surface area contributed by atoms with E-state index in [0.717, 1.165) is 0 Å². The van der Waals surface area contributed by atoms with Gasteiger partial charge in [-0.15, -0.1) is 0 Å². The van der Waals surface area contributed by atoms with Crippen molar-refractivity contribution < 1.29 is 28.6 Å². The van der Waals surface area contributed by atoms with Crippen LogP contribution in [0.15, 0.2) is 40.6 Å². The van der Waals surface area contributed by atoms with Gasteiger partial charge in [-0.25, -0.2) is 4.79 Å². The first-order valence-electron chi connectivity index (χ1n) is 7.42. The molecule has 7 heteroatoms. The fourth-order valence-electron chi connectivity index (χ4n) is 2.22. The van der Waals surface area contributed by atoms with Crippen LogP contribution in [0.1, 0.15) is 24.2 Å². The van der Waals surface area contributed by atoms with Crippen molar-refractivity contribution >= 4 is 17.5 Å². The van der Waals surface area contributed by atoms with Gasteiger partial charge in [0.15, 0.2) is 17.3 Å². The second kappa shape index (κ2) is 7.65. The molecule has 0 spiro atoms. The second-order valence-electron chi connectivity index (χ2n) is 5.29.